The molecule has 1 N–H and O–H groups in total. The SMILES string of the molecule is CCCCN(CCCC)C(=O)c1nn(-c2ccc(C(=O)NS(=O)(=O)c3ccc4ccccc4c3)cc2C(=O)N2CCc3ccccc3C2)c(CCOC2CCCCO2)c1Cl. The summed E-state index contributed by atoms with van der Waals surface area (Å²) in [5, 5.41) is 6.56. The highest BCUT2D eigenvalue weighted by Gasteiger charge is 2.31. The fourth-order valence-corrected chi connectivity index (χ4v) is 9.03. The number of carbonyl (C=O) groups is 3. The number of nitrogens with zero attached hydrogens (tertiary/aromatic N) is 4. The molecule has 3 heterocycles. The number of carbonyl (C=O) groups excluding carboxylic acids is 3. The molecule has 12 nitrogen and oxygen atoms in total. The van der Waals surface area contributed by atoms with Crippen molar-refractivity contribution in [3.05, 3.63) is 124 Å². The van der Waals surface area contributed by atoms with Gasteiger partial charge in [-0.3, -0.25) is 14.4 Å². The van der Waals surface area contributed by atoms with Gasteiger partial charge < -0.3 is 19.3 Å². The zero-order valence-corrected chi connectivity index (χ0v) is 35.8. The molecule has 3 amide bonds. The van der Waals surface area contributed by atoms with Gasteiger partial charge in [0, 0.05) is 44.8 Å². The Morgan fingerprint density at radius 3 is 2.38 bits per heavy atom. The third-order valence-corrected chi connectivity index (χ3v) is 12.9. The predicted octanol–water partition coefficient (Wildman–Crippen LogP) is 8.12. The maximum absolute atomic E-state index is 14.8. The normalized spacial score (nSPS) is 15.4. The van der Waals surface area contributed by atoms with E-state index in [1.54, 1.807) is 28.0 Å². The molecule has 5 aromatic rings. The molecule has 0 spiro atoms. The van der Waals surface area contributed by atoms with Gasteiger partial charge in [0.2, 0.25) is 0 Å². The van der Waals surface area contributed by atoms with Crippen LogP contribution in [0.2, 0.25) is 5.02 Å². The Hall–Kier alpha value is -5.08. The molecular formula is C46H52ClN5O7S. The summed E-state index contributed by atoms with van der Waals surface area (Å²) in [5.74, 6) is -1.61. The summed E-state index contributed by atoms with van der Waals surface area (Å²) in [6, 6.07) is 24.3. The van der Waals surface area contributed by atoms with E-state index in [2.05, 4.69) is 18.6 Å². The summed E-state index contributed by atoms with van der Waals surface area (Å²) >= 11 is 7.15. The van der Waals surface area contributed by atoms with Crippen LogP contribution in [0.3, 0.4) is 0 Å². The van der Waals surface area contributed by atoms with E-state index in [0.29, 0.717) is 50.3 Å². The molecule has 0 saturated carbocycles. The monoisotopic (exact) mass is 853 g/mol. The van der Waals surface area contributed by atoms with Crippen LogP contribution >= 0.6 is 11.6 Å². The first-order chi connectivity index (χ1) is 29.1. The number of ether oxygens (including phenoxy) is 2. The van der Waals surface area contributed by atoms with Crippen molar-refractivity contribution in [2.75, 3.05) is 32.8 Å². The Labute approximate surface area is 356 Å². The number of halogens is 1. The van der Waals surface area contributed by atoms with Crippen molar-refractivity contribution in [3.63, 3.8) is 0 Å². The summed E-state index contributed by atoms with van der Waals surface area (Å²) < 4.78 is 42.8. The minimum Gasteiger partial charge on any atom is -0.353 e. The van der Waals surface area contributed by atoms with Crippen molar-refractivity contribution in [2.45, 2.75) is 89.4 Å². The van der Waals surface area contributed by atoms with E-state index >= 15 is 0 Å². The molecule has 1 fully saturated rings. The minimum absolute atomic E-state index is 0.0527. The van der Waals surface area contributed by atoms with Crippen LogP contribution < -0.4 is 4.72 Å². The molecule has 60 heavy (non-hydrogen) atoms. The Morgan fingerprint density at radius 2 is 1.65 bits per heavy atom. The largest absolute Gasteiger partial charge is 0.353 e. The standard InChI is InChI=1S/C46H52ClN5O7S/c1-3-5-24-50(25-6-4-2)46(55)43-42(47)40(23-28-59-41-17-11-12-27-58-41)52(48-43)39-21-19-35(30-38(39)45(54)51-26-22-33-14-8-10-16-36(33)31-51)44(53)49-60(56,57)37-20-18-32-13-7-9-15-34(32)29-37/h7-10,13-16,18-21,29-30,41H,3-6,11-12,17,22-28,31H2,1-2H3,(H,49,53). The lowest BCUT2D eigenvalue weighted by Crippen LogP contribution is -2.37. The first-order valence-corrected chi connectivity index (χ1v) is 22.8. The van der Waals surface area contributed by atoms with E-state index in [9.17, 15) is 22.8 Å². The van der Waals surface area contributed by atoms with Crippen molar-refractivity contribution >= 4 is 50.1 Å². The van der Waals surface area contributed by atoms with E-state index in [4.69, 9.17) is 26.2 Å². The van der Waals surface area contributed by atoms with Crippen molar-refractivity contribution in [3.8, 4) is 5.69 Å². The average Bonchev–Trinajstić information content (AvgIpc) is 3.60. The summed E-state index contributed by atoms with van der Waals surface area (Å²) in [7, 11) is -4.30. The van der Waals surface area contributed by atoms with Crippen molar-refractivity contribution in [2.24, 2.45) is 0 Å². The summed E-state index contributed by atoms with van der Waals surface area (Å²) in [4.78, 5) is 46.4. The number of hydrogen-bond donors (Lipinski definition) is 1. The molecule has 1 saturated heterocycles. The van der Waals surface area contributed by atoms with Crippen molar-refractivity contribution < 1.29 is 32.3 Å². The lowest BCUT2D eigenvalue weighted by atomic mass is 9.98. The van der Waals surface area contributed by atoms with Gasteiger partial charge in [0.25, 0.3) is 27.7 Å². The molecule has 1 unspecified atom stereocenters. The molecule has 2 aliphatic heterocycles. The number of rotatable bonds is 16. The summed E-state index contributed by atoms with van der Waals surface area (Å²) in [5.41, 5.74) is 2.99. The van der Waals surface area contributed by atoms with Gasteiger partial charge in [-0.05, 0) is 90.8 Å². The fourth-order valence-electron chi connectivity index (χ4n) is 7.72. The second kappa shape index (κ2) is 19.5. The van der Waals surface area contributed by atoms with Crippen LogP contribution in [-0.4, -0.2) is 84.9 Å². The number of benzene rings is 4. The molecule has 1 aromatic heterocycles. The number of aromatic nitrogens is 2. The van der Waals surface area contributed by atoms with E-state index < -0.39 is 21.8 Å². The first-order valence-electron chi connectivity index (χ1n) is 20.9. The maximum Gasteiger partial charge on any atom is 0.275 e. The van der Waals surface area contributed by atoms with Gasteiger partial charge in [0.1, 0.15) is 0 Å². The van der Waals surface area contributed by atoms with Crippen molar-refractivity contribution in [1.29, 1.82) is 0 Å². The topological polar surface area (TPSA) is 140 Å². The highest BCUT2D eigenvalue weighted by Crippen LogP contribution is 2.31. The molecular weight excluding hydrogens is 802 g/mol. The van der Waals surface area contributed by atoms with Crippen LogP contribution in [0.25, 0.3) is 16.5 Å². The summed E-state index contributed by atoms with van der Waals surface area (Å²) in [6.07, 6.45) is 6.66. The number of sulfonamides is 1. The zero-order chi connectivity index (χ0) is 42.2. The molecule has 4 aromatic carbocycles. The number of nitrogens with one attached hydrogen (secondary N) is 1. The number of unbranched alkanes of at least 4 members (excludes halogenated alkanes) is 2. The lowest BCUT2D eigenvalue weighted by Gasteiger charge is -2.29. The molecule has 2 aliphatic rings. The van der Waals surface area contributed by atoms with Crippen molar-refractivity contribution in [1.82, 2.24) is 24.3 Å². The van der Waals surface area contributed by atoms with Gasteiger partial charge in [-0.25, -0.2) is 17.8 Å². The van der Waals surface area contributed by atoms with Crippen LogP contribution in [0.4, 0.5) is 0 Å². The van der Waals surface area contributed by atoms with E-state index in [1.807, 2.05) is 42.5 Å². The van der Waals surface area contributed by atoms with Crippen LogP contribution in [-0.2, 0) is 38.9 Å². The zero-order valence-electron chi connectivity index (χ0n) is 34.2. The molecule has 7 rings (SSSR count). The second-order valence-electron chi connectivity index (χ2n) is 15.4. The molecule has 316 valence electrons. The molecule has 0 bridgehead atoms. The lowest BCUT2D eigenvalue weighted by molar-refractivity contribution is -0.161. The molecule has 0 radical (unpaired) electrons. The highest BCUT2D eigenvalue weighted by molar-refractivity contribution is 7.90. The van der Waals surface area contributed by atoms with E-state index in [-0.39, 0.29) is 57.7 Å². The highest BCUT2D eigenvalue weighted by atomic mass is 35.5. The van der Waals surface area contributed by atoms with E-state index in [1.165, 1.54) is 28.9 Å². The van der Waals surface area contributed by atoms with Gasteiger partial charge in [-0.1, -0.05) is 92.9 Å². The number of fused-ring (bicyclic) bond motifs is 2. The quantitative estimate of drug-likeness (QED) is 0.105. The smallest absolute Gasteiger partial charge is 0.275 e. The first kappa shape index (κ1) is 43.0. The van der Waals surface area contributed by atoms with Gasteiger partial charge in [0.15, 0.2) is 12.0 Å². The third-order valence-electron chi connectivity index (χ3n) is 11.1. The van der Waals surface area contributed by atoms with Crippen LogP contribution in [0, 0.1) is 0 Å². The van der Waals surface area contributed by atoms with E-state index in [0.717, 1.165) is 61.5 Å². The van der Waals surface area contributed by atoms with Crippen LogP contribution in [0.15, 0.2) is 89.8 Å². The van der Waals surface area contributed by atoms with Crippen LogP contribution in [0.5, 0.6) is 0 Å². The van der Waals surface area contributed by atoms with Crippen LogP contribution in [0.1, 0.15) is 107 Å². The Kier molecular flexibility index (Phi) is 14.0. The van der Waals surface area contributed by atoms with Gasteiger partial charge in [-0.15, -0.1) is 0 Å². The third kappa shape index (κ3) is 9.76. The molecule has 1 atom stereocenters. The fraction of sp³-hybridized carbons (Fsp3) is 0.391. The Bertz CT molecular complexity index is 2460. The average molecular weight is 854 g/mol. The Morgan fingerprint density at radius 1 is 0.917 bits per heavy atom. The number of hydrogen-bond acceptors (Lipinski definition) is 8. The Balaban J connectivity index is 1.29. The number of amides is 3. The van der Waals surface area contributed by atoms with Gasteiger partial charge in [0.05, 0.1) is 33.5 Å². The van der Waals surface area contributed by atoms with Gasteiger partial charge in [-0.2, -0.15) is 5.10 Å². The molecule has 14 heteroatoms. The maximum atomic E-state index is 14.8. The minimum atomic E-state index is -4.30. The summed E-state index contributed by atoms with van der Waals surface area (Å²) in [6.45, 7) is 6.79. The predicted molar refractivity (Wildman–Crippen MR) is 231 cm³/mol. The molecule has 0 aliphatic carbocycles. The second-order valence-corrected chi connectivity index (χ2v) is 17.4. The van der Waals surface area contributed by atoms with Gasteiger partial charge >= 0.3 is 0 Å².